The van der Waals surface area contributed by atoms with E-state index in [-0.39, 0.29) is 23.0 Å². The second-order valence-corrected chi connectivity index (χ2v) is 5.80. The summed E-state index contributed by atoms with van der Waals surface area (Å²) in [5.41, 5.74) is 0.363. The first-order chi connectivity index (χ1) is 12.4. The summed E-state index contributed by atoms with van der Waals surface area (Å²) >= 11 is 0. The SMILES string of the molecule is CCC(=O)c1cc(OC)c(OC2OC(CO)C(O)C(O)C2O)c(OC)c1. The first-order valence-corrected chi connectivity index (χ1v) is 8.14. The summed E-state index contributed by atoms with van der Waals surface area (Å²) in [6.45, 7) is 1.14. The Kier molecular flexibility index (Phi) is 6.79. The highest BCUT2D eigenvalue weighted by Gasteiger charge is 2.45. The number of aliphatic hydroxyl groups excluding tert-OH is 4. The van der Waals surface area contributed by atoms with Gasteiger partial charge in [0.25, 0.3) is 0 Å². The van der Waals surface area contributed by atoms with E-state index in [1.165, 1.54) is 26.4 Å². The number of aliphatic hydroxyl groups is 4. The average molecular weight is 372 g/mol. The summed E-state index contributed by atoms with van der Waals surface area (Å²) in [6, 6.07) is 2.93. The molecule has 1 aromatic rings. The van der Waals surface area contributed by atoms with Gasteiger partial charge in [-0.25, -0.2) is 0 Å². The highest BCUT2D eigenvalue weighted by Crippen LogP contribution is 2.40. The van der Waals surface area contributed by atoms with E-state index in [4.69, 9.17) is 18.9 Å². The smallest absolute Gasteiger partial charge is 0.229 e. The number of hydrogen-bond acceptors (Lipinski definition) is 9. The minimum absolute atomic E-state index is 0.0481. The standard InChI is InChI=1S/C17H24O9/c1-4-9(19)8-5-10(23-2)16(11(6-8)24-3)26-17-15(22)14(21)13(20)12(7-18)25-17/h5-6,12-15,17-18,20-22H,4,7H2,1-3H3. The molecule has 1 aliphatic heterocycles. The maximum atomic E-state index is 12.0. The van der Waals surface area contributed by atoms with Crippen LogP contribution in [0.1, 0.15) is 23.7 Å². The molecule has 5 unspecified atom stereocenters. The quantitative estimate of drug-likeness (QED) is 0.466. The van der Waals surface area contributed by atoms with Gasteiger partial charge in [-0.05, 0) is 12.1 Å². The minimum atomic E-state index is -1.58. The third kappa shape index (κ3) is 3.92. The van der Waals surface area contributed by atoms with E-state index < -0.39 is 37.3 Å². The summed E-state index contributed by atoms with van der Waals surface area (Å²) in [4.78, 5) is 12.0. The summed E-state index contributed by atoms with van der Waals surface area (Å²) in [5, 5.41) is 39.1. The van der Waals surface area contributed by atoms with Gasteiger partial charge >= 0.3 is 0 Å². The Morgan fingerprint density at radius 3 is 2.12 bits per heavy atom. The van der Waals surface area contributed by atoms with Crippen molar-refractivity contribution in [3.63, 3.8) is 0 Å². The third-order valence-corrected chi connectivity index (χ3v) is 4.19. The second-order valence-electron chi connectivity index (χ2n) is 5.80. The van der Waals surface area contributed by atoms with E-state index in [9.17, 15) is 25.2 Å². The molecule has 26 heavy (non-hydrogen) atoms. The molecule has 1 saturated heterocycles. The summed E-state index contributed by atoms with van der Waals surface area (Å²) in [7, 11) is 2.74. The number of hydrogen-bond donors (Lipinski definition) is 4. The van der Waals surface area contributed by atoms with E-state index in [2.05, 4.69) is 0 Å². The lowest BCUT2D eigenvalue weighted by Crippen LogP contribution is -2.60. The molecule has 5 atom stereocenters. The summed E-state index contributed by atoms with van der Waals surface area (Å²) in [6.07, 6.45) is -6.89. The highest BCUT2D eigenvalue weighted by molar-refractivity contribution is 5.97. The average Bonchev–Trinajstić information content (AvgIpc) is 2.67. The predicted molar refractivity (Wildman–Crippen MR) is 88.6 cm³/mol. The van der Waals surface area contributed by atoms with Crippen LogP contribution in [0.15, 0.2) is 12.1 Å². The number of carbonyl (C=O) groups excluding carboxylic acids is 1. The molecule has 1 fully saturated rings. The Morgan fingerprint density at radius 2 is 1.65 bits per heavy atom. The molecule has 1 aliphatic rings. The van der Waals surface area contributed by atoms with Crippen LogP contribution in [0.5, 0.6) is 17.2 Å². The van der Waals surface area contributed by atoms with Gasteiger partial charge in [-0.1, -0.05) is 6.92 Å². The van der Waals surface area contributed by atoms with Crippen molar-refractivity contribution in [2.24, 2.45) is 0 Å². The van der Waals surface area contributed by atoms with E-state index in [1.807, 2.05) is 0 Å². The lowest BCUT2D eigenvalue weighted by atomic mass is 9.99. The number of methoxy groups -OCH3 is 2. The molecule has 9 heteroatoms. The number of ether oxygens (including phenoxy) is 4. The Labute approximate surface area is 150 Å². The number of rotatable bonds is 7. The maximum Gasteiger partial charge on any atom is 0.229 e. The third-order valence-electron chi connectivity index (χ3n) is 4.19. The molecule has 1 aromatic carbocycles. The zero-order valence-corrected chi connectivity index (χ0v) is 14.8. The Hall–Kier alpha value is -1.91. The lowest BCUT2D eigenvalue weighted by molar-refractivity contribution is -0.277. The molecule has 146 valence electrons. The molecule has 1 heterocycles. The molecule has 0 saturated carbocycles. The maximum absolute atomic E-state index is 12.0. The Balaban J connectivity index is 2.37. The second kappa shape index (κ2) is 8.65. The van der Waals surface area contributed by atoms with Crippen molar-refractivity contribution in [3.05, 3.63) is 17.7 Å². The van der Waals surface area contributed by atoms with Gasteiger partial charge in [-0.2, -0.15) is 0 Å². The molecule has 0 radical (unpaired) electrons. The van der Waals surface area contributed by atoms with Gasteiger partial charge in [0.05, 0.1) is 20.8 Å². The van der Waals surface area contributed by atoms with Crippen LogP contribution in [0.2, 0.25) is 0 Å². The summed E-state index contributed by atoms with van der Waals surface area (Å²) < 4.78 is 21.4. The summed E-state index contributed by atoms with van der Waals surface area (Å²) in [5.74, 6) is 0.254. The van der Waals surface area contributed by atoms with Gasteiger partial charge in [-0.15, -0.1) is 0 Å². The monoisotopic (exact) mass is 372 g/mol. The fraction of sp³-hybridized carbons (Fsp3) is 0.588. The van der Waals surface area contributed by atoms with Crippen LogP contribution in [0.25, 0.3) is 0 Å². The van der Waals surface area contributed by atoms with E-state index >= 15 is 0 Å². The molecule has 2 rings (SSSR count). The van der Waals surface area contributed by atoms with Gasteiger partial charge < -0.3 is 39.4 Å². The molecule has 0 spiro atoms. The normalized spacial score (nSPS) is 28.5. The number of ketones is 1. The van der Waals surface area contributed by atoms with Crippen molar-refractivity contribution in [1.29, 1.82) is 0 Å². The topological polar surface area (TPSA) is 135 Å². The van der Waals surface area contributed by atoms with Crippen LogP contribution in [-0.2, 0) is 4.74 Å². The van der Waals surface area contributed by atoms with E-state index in [1.54, 1.807) is 6.92 Å². The van der Waals surface area contributed by atoms with Crippen LogP contribution in [0.3, 0.4) is 0 Å². The number of carbonyl (C=O) groups is 1. The Morgan fingerprint density at radius 1 is 1.08 bits per heavy atom. The largest absolute Gasteiger partial charge is 0.493 e. The van der Waals surface area contributed by atoms with Crippen LogP contribution in [0.4, 0.5) is 0 Å². The van der Waals surface area contributed by atoms with Gasteiger partial charge in [0.15, 0.2) is 17.3 Å². The van der Waals surface area contributed by atoms with E-state index in [0.29, 0.717) is 12.0 Å². The van der Waals surface area contributed by atoms with Crippen molar-refractivity contribution < 1.29 is 44.2 Å². The van der Waals surface area contributed by atoms with Gasteiger partial charge in [0.1, 0.15) is 24.4 Å². The molecule has 0 bridgehead atoms. The first-order valence-electron chi connectivity index (χ1n) is 8.14. The molecular formula is C17H24O9. The zero-order chi connectivity index (χ0) is 19.4. The fourth-order valence-electron chi connectivity index (χ4n) is 2.64. The first kappa shape index (κ1) is 20.4. The predicted octanol–water partition coefficient (Wildman–Crippen LogP) is -0.525. The van der Waals surface area contributed by atoms with Crippen LogP contribution in [-0.4, -0.2) is 77.7 Å². The highest BCUT2D eigenvalue weighted by atomic mass is 16.7. The molecule has 4 N–H and O–H groups in total. The van der Waals surface area contributed by atoms with E-state index in [0.717, 1.165) is 0 Å². The molecular weight excluding hydrogens is 348 g/mol. The molecule has 9 nitrogen and oxygen atoms in total. The van der Waals surface area contributed by atoms with Crippen molar-refractivity contribution in [1.82, 2.24) is 0 Å². The van der Waals surface area contributed by atoms with Crippen molar-refractivity contribution in [2.75, 3.05) is 20.8 Å². The zero-order valence-electron chi connectivity index (χ0n) is 14.8. The van der Waals surface area contributed by atoms with Gasteiger partial charge in [0.2, 0.25) is 12.0 Å². The van der Waals surface area contributed by atoms with Crippen molar-refractivity contribution >= 4 is 5.78 Å². The van der Waals surface area contributed by atoms with Crippen LogP contribution >= 0.6 is 0 Å². The van der Waals surface area contributed by atoms with Crippen LogP contribution < -0.4 is 14.2 Å². The number of Topliss-reactive ketones (excluding diaryl/α,β-unsaturated/α-hetero) is 1. The molecule has 0 aromatic heterocycles. The van der Waals surface area contributed by atoms with Gasteiger partial charge in [-0.3, -0.25) is 4.79 Å². The van der Waals surface area contributed by atoms with Gasteiger partial charge in [0, 0.05) is 12.0 Å². The lowest BCUT2D eigenvalue weighted by Gasteiger charge is -2.39. The fourth-order valence-corrected chi connectivity index (χ4v) is 2.64. The number of benzene rings is 1. The van der Waals surface area contributed by atoms with Crippen molar-refractivity contribution in [3.8, 4) is 17.2 Å². The van der Waals surface area contributed by atoms with Crippen molar-refractivity contribution in [2.45, 2.75) is 44.1 Å². The molecule has 0 aliphatic carbocycles. The Bertz CT molecular complexity index is 606. The minimum Gasteiger partial charge on any atom is -0.493 e. The molecule has 0 amide bonds. The van der Waals surface area contributed by atoms with Crippen LogP contribution in [0, 0.1) is 0 Å².